The molecule has 0 saturated carbocycles. The molecule has 144 valence electrons. The van der Waals surface area contributed by atoms with Crippen LogP contribution in [0.5, 0.6) is 0 Å². The molecule has 2 radical (unpaired) electrons. The molecular weight excluding hydrogens is 419 g/mol. The minimum absolute atomic E-state index is 0. The van der Waals surface area contributed by atoms with E-state index in [1.54, 1.807) is 0 Å². The van der Waals surface area contributed by atoms with E-state index >= 15 is 0 Å². The van der Waals surface area contributed by atoms with Gasteiger partial charge in [0.2, 0.25) is 0 Å². The Hall–Kier alpha value is -1.32. The zero-order chi connectivity index (χ0) is 11.1. The molecule has 0 amide bonds. The SMILES string of the molecule is O.O.O.O.O=C([O-])CN=C([O-])C([O-])=NCC(=O)[O-].[Cu+2].[Cu+2].[OH3+].[OH3+]. The van der Waals surface area contributed by atoms with Gasteiger partial charge in [0.05, 0.1) is 25.0 Å². The van der Waals surface area contributed by atoms with Crippen LogP contribution in [0.15, 0.2) is 9.98 Å². The number of aliphatic carboxylic acids is 2. The van der Waals surface area contributed by atoms with Gasteiger partial charge in [0.15, 0.2) is 0 Å². The second kappa shape index (κ2) is 31.9. The normalized spacial score (nSPS) is 8.00. The number of carboxylic acids is 2. The van der Waals surface area contributed by atoms with E-state index in [2.05, 4.69) is 9.98 Å². The van der Waals surface area contributed by atoms with Crippen molar-refractivity contribution in [2.75, 3.05) is 13.1 Å². The van der Waals surface area contributed by atoms with Crippen molar-refractivity contribution in [3.8, 4) is 0 Å². The van der Waals surface area contributed by atoms with Crippen molar-refractivity contribution in [2.24, 2.45) is 9.98 Å². The van der Waals surface area contributed by atoms with Crippen LogP contribution in [-0.4, -0.2) is 58.7 Å². The van der Waals surface area contributed by atoms with Crippen molar-refractivity contribution in [2.45, 2.75) is 0 Å². The summed E-state index contributed by atoms with van der Waals surface area (Å²) >= 11 is 0. The van der Waals surface area contributed by atoms with Crippen LogP contribution in [0.1, 0.15) is 0 Å². The molecule has 0 bridgehead atoms. The fourth-order valence-electron chi connectivity index (χ4n) is 0.408. The van der Waals surface area contributed by atoms with Gasteiger partial charge in [0, 0.05) is 0 Å². The molecule has 22 heavy (non-hydrogen) atoms. The van der Waals surface area contributed by atoms with Gasteiger partial charge in [0.25, 0.3) is 0 Å². The molecule has 0 rings (SSSR count). The van der Waals surface area contributed by atoms with Crippen molar-refractivity contribution >= 4 is 23.7 Å². The third kappa shape index (κ3) is 36.3. The quantitative estimate of drug-likeness (QED) is 0.177. The molecule has 16 heteroatoms. The Kier molecular flexibility index (Phi) is 85.0. The maximum absolute atomic E-state index is 10.5. The van der Waals surface area contributed by atoms with Gasteiger partial charge < -0.3 is 62.9 Å². The topological polar surface area (TPSA) is 343 Å². The average molecular weight is 437 g/mol. The molecule has 14 nitrogen and oxygen atoms in total. The maximum Gasteiger partial charge on any atom is 2.00 e. The number of carbonyl (C=O) groups excluding carboxylic acids is 2. The molecule has 0 aliphatic carbocycles. The number of carbonyl (C=O) groups is 2. The molecule has 0 heterocycles. The molecule has 0 aliphatic heterocycles. The summed E-state index contributed by atoms with van der Waals surface area (Å²) in [5.74, 6) is -6.14. The summed E-state index contributed by atoms with van der Waals surface area (Å²) in [6.45, 7) is -1.93. The van der Waals surface area contributed by atoms with Gasteiger partial charge in [-0.1, -0.05) is 0 Å². The van der Waals surface area contributed by atoms with E-state index in [0.717, 1.165) is 0 Å². The molecule has 0 fully saturated rings. The van der Waals surface area contributed by atoms with Crippen LogP contribution in [-0.2, 0) is 54.7 Å². The first-order valence-electron chi connectivity index (χ1n) is 3.26. The van der Waals surface area contributed by atoms with Gasteiger partial charge in [-0.15, -0.1) is 0 Å². The van der Waals surface area contributed by atoms with Crippen molar-refractivity contribution in [1.82, 2.24) is 0 Å². The molecule has 0 aromatic heterocycles. The number of carboxylic acid groups (broad SMARTS) is 2. The van der Waals surface area contributed by atoms with E-state index in [9.17, 15) is 30.0 Å². The van der Waals surface area contributed by atoms with Crippen molar-refractivity contribution in [3.63, 3.8) is 0 Å². The number of rotatable bonds is 4. The first kappa shape index (κ1) is 58.7. The predicted molar refractivity (Wildman–Crippen MR) is 58.8 cm³/mol. The third-order valence-corrected chi connectivity index (χ3v) is 0.886. The number of hydrogen-bond donors (Lipinski definition) is 0. The van der Waals surface area contributed by atoms with Crippen LogP contribution in [0, 0.1) is 0 Å². The second-order valence-corrected chi connectivity index (χ2v) is 1.99. The van der Waals surface area contributed by atoms with Gasteiger partial charge in [0.1, 0.15) is 0 Å². The summed E-state index contributed by atoms with van der Waals surface area (Å²) in [6.07, 6.45) is 0. The number of hydrogen-bond acceptors (Lipinski definition) is 8. The van der Waals surface area contributed by atoms with Crippen LogP contribution in [0.4, 0.5) is 0 Å². The Morgan fingerprint density at radius 1 is 0.636 bits per heavy atom. The third-order valence-electron chi connectivity index (χ3n) is 0.886. The van der Waals surface area contributed by atoms with E-state index < -0.39 is 36.8 Å². The van der Waals surface area contributed by atoms with E-state index in [0.29, 0.717) is 0 Å². The maximum atomic E-state index is 10.5. The first-order valence-corrected chi connectivity index (χ1v) is 3.26. The Bertz CT molecular complexity index is 280. The largest absolute Gasteiger partial charge is 2.00 e. The minimum Gasteiger partial charge on any atom is -0.858 e. The zero-order valence-electron chi connectivity index (χ0n) is 10.5. The number of aliphatic imine (C=N–C) groups is 2. The standard InChI is InChI=1S/C6H8N2O6.2Cu.6H2O/c9-3(10)1-7-5(13)6(14)8-2-4(11)12;;;;;;;;/h1-2H2,(H,7,13)(H,8,14)(H,9,10)(H,11,12);;;6*1H2/q;2*+2;;;;;;/p-2. The van der Waals surface area contributed by atoms with E-state index in [1.807, 2.05) is 0 Å². The Balaban J connectivity index is -0.0000000302. The van der Waals surface area contributed by atoms with Gasteiger partial charge in [-0.05, 0) is 11.8 Å². The van der Waals surface area contributed by atoms with Gasteiger partial charge in [-0.25, -0.2) is 0 Å². The second-order valence-electron chi connectivity index (χ2n) is 1.99. The van der Waals surface area contributed by atoms with E-state index in [-0.39, 0.29) is 67.0 Å². The molecule has 0 aromatic rings. The minimum atomic E-state index is -1.63. The summed E-state index contributed by atoms with van der Waals surface area (Å²) in [5, 5.41) is 40.7. The van der Waals surface area contributed by atoms with E-state index in [1.165, 1.54) is 0 Å². The fourth-order valence-corrected chi connectivity index (χ4v) is 0.408. The van der Waals surface area contributed by atoms with Gasteiger partial charge in [-0.3, -0.25) is 9.98 Å². The zero-order valence-corrected chi connectivity index (χ0v) is 12.4. The van der Waals surface area contributed by atoms with E-state index in [4.69, 9.17) is 0 Å². The summed E-state index contributed by atoms with van der Waals surface area (Å²) in [5.41, 5.74) is 0. The molecule has 0 spiro atoms. The Morgan fingerprint density at radius 2 is 0.818 bits per heavy atom. The summed E-state index contributed by atoms with van der Waals surface area (Å²) in [4.78, 5) is 25.1. The first-order chi connectivity index (χ1) is 6.43. The number of nitrogens with zero attached hydrogens (tertiary/aromatic N) is 2. The van der Waals surface area contributed by atoms with Crippen molar-refractivity contribution in [1.29, 1.82) is 0 Å². The molecule has 0 saturated heterocycles. The van der Waals surface area contributed by atoms with Crippen LogP contribution in [0.2, 0.25) is 0 Å². The van der Waals surface area contributed by atoms with Crippen LogP contribution < -0.4 is 20.4 Å². The summed E-state index contributed by atoms with van der Waals surface area (Å²) in [7, 11) is 0. The molecule has 14 N–H and O–H groups in total. The van der Waals surface area contributed by atoms with Crippen LogP contribution in [0.3, 0.4) is 0 Å². The van der Waals surface area contributed by atoms with Crippen molar-refractivity contribution in [3.05, 3.63) is 0 Å². The molecule has 0 unspecified atom stereocenters. The Morgan fingerprint density at radius 3 is 0.955 bits per heavy atom. The average Bonchev–Trinajstić information content (AvgIpc) is 2.09. The molecule has 0 aliphatic rings. The van der Waals surface area contributed by atoms with Crippen LogP contribution in [0.25, 0.3) is 0 Å². The Labute approximate surface area is 144 Å². The predicted octanol–water partition coefficient (Wildman–Crippen LogP) is -11.1. The molecular formula is C6H18Cu2N2O12+2. The molecule has 0 aromatic carbocycles. The van der Waals surface area contributed by atoms with Gasteiger partial charge >= 0.3 is 34.1 Å². The van der Waals surface area contributed by atoms with Crippen LogP contribution >= 0.6 is 0 Å². The molecule has 0 atom stereocenters. The summed E-state index contributed by atoms with van der Waals surface area (Å²) < 4.78 is 0. The van der Waals surface area contributed by atoms with Gasteiger partial charge in [-0.2, -0.15) is 0 Å². The summed E-state index contributed by atoms with van der Waals surface area (Å²) in [6, 6.07) is 0. The monoisotopic (exact) mass is 436 g/mol. The smallest absolute Gasteiger partial charge is 0.858 e. The fraction of sp³-hybridized carbons (Fsp3) is 0.333. The van der Waals surface area contributed by atoms with Crippen molar-refractivity contribution < 1.29 is 97.0 Å².